The number of esters is 1. The fraction of sp³-hybridized carbons (Fsp3) is 0.160. The SMILES string of the molecule is CCOc1nc2cccc(C(=O)OC)c2n1Cc1ccc(-c2ccccc2)c(-c2nn[nH]n2)c1. The lowest BCUT2D eigenvalue weighted by Gasteiger charge is -2.13. The Morgan fingerprint density at radius 3 is 2.62 bits per heavy atom. The van der Waals surface area contributed by atoms with Gasteiger partial charge in [0, 0.05) is 5.56 Å². The highest BCUT2D eigenvalue weighted by molar-refractivity contribution is 6.02. The van der Waals surface area contributed by atoms with Crippen molar-refractivity contribution in [1.29, 1.82) is 0 Å². The topological polar surface area (TPSA) is 108 Å². The largest absolute Gasteiger partial charge is 0.465 e. The molecule has 1 N–H and O–H groups in total. The molecule has 3 aromatic carbocycles. The van der Waals surface area contributed by atoms with Gasteiger partial charge in [-0.2, -0.15) is 10.2 Å². The molecule has 0 radical (unpaired) electrons. The molecule has 0 spiro atoms. The smallest absolute Gasteiger partial charge is 0.340 e. The first kappa shape index (κ1) is 21.3. The molecule has 2 heterocycles. The molecule has 0 unspecified atom stereocenters. The predicted molar refractivity (Wildman–Crippen MR) is 126 cm³/mol. The third kappa shape index (κ3) is 3.88. The molecule has 0 saturated heterocycles. The highest BCUT2D eigenvalue weighted by Gasteiger charge is 2.20. The van der Waals surface area contributed by atoms with Crippen LogP contribution in [0.4, 0.5) is 0 Å². The molecule has 0 fully saturated rings. The molecule has 170 valence electrons. The third-order valence-electron chi connectivity index (χ3n) is 5.51. The van der Waals surface area contributed by atoms with Crippen LogP contribution in [0, 0.1) is 0 Å². The quantitative estimate of drug-likeness (QED) is 0.369. The first-order valence-corrected chi connectivity index (χ1v) is 10.8. The van der Waals surface area contributed by atoms with Gasteiger partial charge in [-0.1, -0.05) is 48.5 Å². The fourth-order valence-electron chi connectivity index (χ4n) is 4.03. The molecule has 5 rings (SSSR count). The van der Waals surface area contributed by atoms with Gasteiger partial charge in [0.05, 0.1) is 36.9 Å². The number of H-pyrrole nitrogens is 1. The first-order chi connectivity index (χ1) is 16.7. The number of tetrazole rings is 1. The van der Waals surface area contributed by atoms with Gasteiger partial charge in [-0.15, -0.1) is 10.2 Å². The van der Waals surface area contributed by atoms with Gasteiger partial charge in [-0.3, -0.25) is 4.57 Å². The van der Waals surface area contributed by atoms with Crippen molar-refractivity contribution in [2.75, 3.05) is 13.7 Å². The summed E-state index contributed by atoms with van der Waals surface area (Å²) in [6, 6.07) is 21.9. The number of rotatable bonds is 7. The number of hydrogen-bond acceptors (Lipinski definition) is 7. The second kappa shape index (κ2) is 9.14. The van der Waals surface area contributed by atoms with Crippen LogP contribution in [0.15, 0.2) is 66.7 Å². The highest BCUT2D eigenvalue weighted by atomic mass is 16.5. The van der Waals surface area contributed by atoms with E-state index in [1.165, 1.54) is 7.11 Å². The maximum absolute atomic E-state index is 12.5. The van der Waals surface area contributed by atoms with Crippen molar-refractivity contribution in [2.45, 2.75) is 13.5 Å². The molecule has 0 aliphatic carbocycles. The van der Waals surface area contributed by atoms with Crippen LogP contribution in [0.3, 0.4) is 0 Å². The van der Waals surface area contributed by atoms with E-state index in [2.05, 4.69) is 25.6 Å². The van der Waals surface area contributed by atoms with Crippen LogP contribution < -0.4 is 4.74 Å². The number of aromatic nitrogens is 6. The van der Waals surface area contributed by atoms with Crippen molar-refractivity contribution in [1.82, 2.24) is 30.2 Å². The molecule has 9 heteroatoms. The highest BCUT2D eigenvalue weighted by Crippen LogP contribution is 2.32. The van der Waals surface area contributed by atoms with E-state index in [0.717, 1.165) is 22.3 Å². The Morgan fingerprint density at radius 1 is 1.03 bits per heavy atom. The summed E-state index contributed by atoms with van der Waals surface area (Å²) in [6.45, 7) is 2.76. The Hall–Kier alpha value is -4.53. The summed E-state index contributed by atoms with van der Waals surface area (Å²) in [5.74, 6) is 0.0678. The van der Waals surface area contributed by atoms with Gasteiger partial charge in [0.25, 0.3) is 6.01 Å². The number of fused-ring (bicyclic) bond motifs is 1. The Labute approximate surface area is 195 Å². The van der Waals surface area contributed by atoms with E-state index in [1.807, 2.05) is 66.1 Å². The molecule has 0 amide bonds. The second-order valence-electron chi connectivity index (χ2n) is 7.56. The molecule has 0 aliphatic heterocycles. The van der Waals surface area contributed by atoms with E-state index in [9.17, 15) is 4.79 Å². The summed E-state index contributed by atoms with van der Waals surface area (Å²) in [4.78, 5) is 17.1. The van der Waals surface area contributed by atoms with Crippen molar-refractivity contribution in [3.8, 4) is 28.5 Å². The Morgan fingerprint density at radius 2 is 1.88 bits per heavy atom. The van der Waals surface area contributed by atoms with E-state index in [1.54, 1.807) is 12.1 Å². The number of ether oxygens (including phenoxy) is 2. The van der Waals surface area contributed by atoms with Crippen LogP contribution in [0.5, 0.6) is 6.01 Å². The molecule has 0 aliphatic rings. The lowest BCUT2D eigenvalue weighted by Crippen LogP contribution is -2.09. The average Bonchev–Trinajstić information content (AvgIpc) is 3.53. The Bertz CT molecular complexity index is 1440. The zero-order chi connectivity index (χ0) is 23.5. The number of imidazole rings is 1. The molecular formula is C25H22N6O3. The van der Waals surface area contributed by atoms with Gasteiger partial charge in [0.1, 0.15) is 0 Å². The Kier molecular flexibility index (Phi) is 5.73. The second-order valence-corrected chi connectivity index (χ2v) is 7.56. The number of methoxy groups -OCH3 is 1. The first-order valence-electron chi connectivity index (χ1n) is 10.8. The lowest BCUT2D eigenvalue weighted by molar-refractivity contribution is 0.0602. The van der Waals surface area contributed by atoms with Gasteiger partial charge in [0.15, 0.2) is 0 Å². The number of carbonyl (C=O) groups excluding carboxylic acids is 1. The molecule has 9 nitrogen and oxygen atoms in total. The molecule has 0 saturated carbocycles. The minimum Gasteiger partial charge on any atom is -0.465 e. The minimum absolute atomic E-state index is 0.416. The van der Waals surface area contributed by atoms with Crippen LogP contribution in [-0.4, -0.2) is 49.9 Å². The molecule has 34 heavy (non-hydrogen) atoms. The van der Waals surface area contributed by atoms with Crippen LogP contribution in [0.1, 0.15) is 22.8 Å². The summed E-state index contributed by atoms with van der Waals surface area (Å²) >= 11 is 0. The summed E-state index contributed by atoms with van der Waals surface area (Å²) in [5, 5.41) is 14.7. The standard InChI is InChI=1S/C25H22N6O3/c1-3-34-25-26-21-11-7-10-19(24(32)33-2)22(21)31(25)15-16-12-13-18(17-8-5-4-6-9-17)20(14-16)23-27-29-30-28-23/h4-14H,3,15H2,1-2H3,(H,27,28,29,30). The maximum Gasteiger partial charge on any atom is 0.340 e. The van der Waals surface area contributed by atoms with E-state index in [4.69, 9.17) is 9.47 Å². The van der Waals surface area contributed by atoms with Gasteiger partial charge < -0.3 is 9.47 Å². The van der Waals surface area contributed by atoms with E-state index in [0.29, 0.717) is 41.6 Å². The number of nitrogens with zero attached hydrogens (tertiary/aromatic N) is 5. The fourth-order valence-corrected chi connectivity index (χ4v) is 4.03. The number of hydrogen-bond donors (Lipinski definition) is 1. The van der Waals surface area contributed by atoms with Crippen LogP contribution in [0.25, 0.3) is 33.5 Å². The van der Waals surface area contributed by atoms with Crippen LogP contribution in [-0.2, 0) is 11.3 Å². The number of nitrogens with one attached hydrogen (secondary N) is 1. The summed E-state index contributed by atoms with van der Waals surface area (Å²) in [5.41, 5.74) is 5.58. The van der Waals surface area contributed by atoms with E-state index in [-0.39, 0.29) is 0 Å². The third-order valence-corrected chi connectivity index (χ3v) is 5.51. The van der Waals surface area contributed by atoms with Crippen molar-refractivity contribution < 1.29 is 14.3 Å². The number of aromatic amines is 1. The number of carbonyl (C=O) groups is 1. The summed E-state index contributed by atoms with van der Waals surface area (Å²) in [6.07, 6.45) is 0. The molecule has 0 atom stereocenters. The zero-order valence-electron chi connectivity index (χ0n) is 18.7. The Balaban J connectivity index is 1.65. The van der Waals surface area contributed by atoms with Gasteiger partial charge in [-0.05, 0) is 47.0 Å². The molecule has 0 bridgehead atoms. The van der Waals surface area contributed by atoms with Crippen LogP contribution >= 0.6 is 0 Å². The lowest BCUT2D eigenvalue weighted by atomic mass is 9.97. The van der Waals surface area contributed by atoms with Crippen molar-refractivity contribution in [3.05, 3.63) is 77.9 Å². The van der Waals surface area contributed by atoms with Crippen LogP contribution in [0.2, 0.25) is 0 Å². The van der Waals surface area contributed by atoms with Crippen molar-refractivity contribution in [2.24, 2.45) is 0 Å². The van der Waals surface area contributed by atoms with E-state index < -0.39 is 5.97 Å². The number of para-hydroxylation sites is 1. The van der Waals surface area contributed by atoms with Gasteiger partial charge >= 0.3 is 5.97 Å². The van der Waals surface area contributed by atoms with Crippen molar-refractivity contribution >= 4 is 17.0 Å². The minimum atomic E-state index is -0.429. The normalized spacial score (nSPS) is 11.0. The summed E-state index contributed by atoms with van der Waals surface area (Å²) < 4.78 is 12.7. The zero-order valence-corrected chi connectivity index (χ0v) is 18.7. The molecular weight excluding hydrogens is 432 g/mol. The maximum atomic E-state index is 12.5. The van der Waals surface area contributed by atoms with Crippen molar-refractivity contribution in [3.63, 3.8) is 0 Å². The van der Waals surface area contributed by atoms with Gasteiger partial charge in [-0.25, -0.2) is 4.79 Å². The molecule has 2 aromatic heterocycles. The van der Waals surface area contributed by atoms with E-state index >= 15 is 0 Å². The predicted octanol–water partition coefficient (Wildman–Crippen LogP) is 4.12. The molecule has 5 aromatic rings. The average molecular weight is 454 g/mol. The van der Waals surface area contributed by atoms with Gasteiger partial charge in [0.2, 0.25) is 5.82 Å². The monoisotopic (exact) mass is 454 g/mol. The number of benzene rings is 3. The summed E-state index contributed by atoms with van der Waals surface area (Å²) in [7, 11) is 1.37.